The molecule has 4 aromatic rings. The van der Waals surface area contributed by atoms with Crippen molar-refractivity contribution in [3.05, 3.63) is 53.6 Å². The molecule has 4 N–H and O–H groups in total. The van der Waals surface area contributed by atoms with E-state index in [1.807, 2.05) is 32.2 Å². The maximum absolute atomic E-state index is 14.0. The zero-order chi connectivity index (χ0) is 23.8. The van der Waals surface area contributed by atoms with E-state index in [1.165, 1.54) is 12.1 Å². The number of nitrogens with zero attached hydrogens (tertiary/aromatic N) is 3. The molecule has 0 spiro atoms. The minimum absolute atomic E-state index is 0.0344. The number of H-pyrrole nitrogens is 2. The van der Waals surface area contributed by atoms with Gasteiger partial charge in [-0.15, -0.1) is 0 Å². The fraction of sp³-hybridized carbons (Fsp3) is 0.320. The van der Waals surface area contributed by atoms with Gasteiger partial charge in [0.15, 0.2) is 17.4 Å². The highest BCUT2D eigenvalue weighted by molar-refractivity contribution is 5.94. The van der Waals surface area contributed by atoms with Gasteiger partial charge >= 0.3 is 0 Å². The minimum Gasteiger partial charge on any atom is -0.505 e. The van der Waals surface area contributed by atoms with E-state index in [0.717, 1.165) is 52.8 Å². The second-order valence-electron chi connectivity index (χ2n) is 8.87. The molecule has 1 amide bonds. The van der Waals surface area contributed by atoms with Gasteiger partial charge in [0.1, 0.15) is 5.69 Å². The van der Waals surface area contributed by atoms with Gasteiger partial charge in [0.25, 0.3) is 0 Å². The van der Waals surface area contributed by atoms with E-state index in [0.29, 0.717) is 24.5 Å². The van der Waals surface area contributed by atoms with Crippen LogP contribution in [-0.4, -0.2) is 56.2 Å². The molecule has 0 saturated carbocycles. The molecule has 2 aromatic heterocycles. The molecule has 5 rings (SSSR count). The summed E-state index contributed by atoms with van der Waals surface area (Å²) < 4.78 is 14.0. The van der Waals surface area contributed by atoms with E-state index in [-0.39, 0.29) is 17.6 Å². The summed E-state index contributed by atoms with van der Waals surface area (Å²) in [6, 6.07) is 8.59. The predicted molar refractivity (Wildman–Crippen MR) is 128 cm³/mol. The van der Waals surface area contributed by atoms with Crippen molar-refractivity contribution in [2.45, 2.75) is 26.3 Å². The van der Waals surface area contributed by atoms with Crippen molar-refractivity contribution in [1.29, 1.82) is 0 Å². The molecular weight excluding hydrogens is 435 g/mol. The summed E-state index contributed by atoms with van der Waals surface area (Å²) in [7, 11) is 2.03. The molecule has 176 valence electrons. The van der Waals surface area contributed by atoms with Gasteiger partial charge in [-0.05, 0) is 67.4 Å². The number of phenols is 1. The molecule has 1 aliphatic rings. The van der Waals surface area contributed by atoms with Crippen molar-refractivity contribution < 1.29 is 14.3 Å². The first-order chi connectivity index (χ1) is 16.4. The molecule has 2 aromatic carbocycles. The summed E-state index contributed by atoms with van der Waals surface area (Å²) in [6.07, 6.45) is 3.25. The number of carbonyl (C=O) groups excluding carboxylic acids is 1. The Balaban J connectivity index is 1.35. The molecule has 3 heterocycles. The van der Waals surface area contributed by atoms with Crippen LogP contribution in [0.15, 0.2) is 36.5 Å². The monoisotopic (exact) mass is 462 g/mol. The molecule has 1 fully saturated rings. The van der Waals surface area contributed by atoms with Crippen molar-refractivity contribution in [2.75, 3.05) is 20.1 Å². The Hall–Kier alpha value is -3.72. The Labute approximate surface area is 196 Å². The summed E-state index contributed by atoms with van der Waals surface area (Å²) in [4.78, 5) is 22.2. The van der Waals surface area contributed by atoms with Gasteiger partial charge in [-0.25, -0.2) is 9.37 Å². The number of rotatable bonds is 6. The number of imidazole rings is 1. The van der Waals surface area contributed by atoms with Crippen LogP contribution in [0.3, 0.4) is 0 Å². The summed E-state index contributed by atoms with van der Waals surface area (Å²) in [5, 5.41) is 21.0. The third-order valence-electron chi connectivity index (χ3n) is 6.50. The zero-order valence-corrected chi connectivity index (χ0v) is 19.2. The largest absolute Gasteiger partial charge is 0.505 e. The molecule has 1 unspecified atom stereocenters. The number of likely N-dealkylation sites (tertiary alicyclic amines) is 1. The molecule has 9 heteroatoms. The SMILES string of the molecule is CCc1cc(O)c(F)cc1-c1ccc2c(-c3ncc(CNC(=O)C4CCN(C)C4)[nH]3)n[nH]c2c1. The highest BCUT2D eigenvalue weighted by Gasteiger charge is 2.26. The van der Waals surface area contributed by atoms with Gasteiger partial charge in [0.05, 0.1) is 29.9 Å². The van der Waals surface area contributed by atoms with Crippen LogP contribution in [0.2, 0.25) is 0 Å². The number of nitrogens with one attached hydrogen (secondary N) is 3. The van der Waals surface area contributed by atoms with E-state index in [4.69, 9.17) is 0 Å². The van der Waals surface area contributed by atoms with Crippen LogP contribution in [-0.2, 0) is 17.8 Å². The lowest BCUT2D eigenvalue weighted by molar-refractivity contribution is -0.124. The van der Waals surface area contributed by atoms with Crippen LogP contribution >= 0.6 is 0 Å². The first-order valence-electron chi connectivity index (χ1n) is 11.4. The van der Waals surface area contributed by atoms with Gasteiger partial charge < -0.3 is 20.3 Å². The van der Waals surface area contributed by atoms with Gasteiger partial charge in [0.2, 0.25) is 5.91 Å². The summed E-state index contributed by atoms with van der Waals surface area (Å²) in [5.74, 6) is -0.282. The Morgan fingerprint density at radius 1 is 1.32 bits per heavy atom. The molecule has 1 atom stereocenters. The van der Waals surface area contributed by atoms with Crippen LogP contribution in [0.5, 0.6) is 5.75 Å². The van der Waals surface area contributed by atoms with E-state index in [1.54, 1.807) is 6.20 Å². The van der Waals surface area contributed by atoms with Crippen molar-refractivity contribution in [3.8, 4) is 28.4 Å². The van der Waals surface area contributed by atoms with Gasteiger partial charge in [-0.3, -0.25) is 9.89 Å². The maximum Gasteiger partial charge on any atom is 0.224 e. The first kappa shape index (κ1) is 22.1. The third-order valence-corrected chi connectivity index (χ3v) is 6.50. The number of aromatic nitrogens is 4. The topological polar surface area (TPSA) is 110 Å². The summed E-state index contributed by atoms with van der Waals surface area (Å²) >= 11 is 0. The molecule has 1 aliphatic heterocycles. The molecule has 0 radical (unpaired) electrons. The maximum atomic E-state index is 14.0. The van der Waals surface area contributed by atoms with E-state index >= 15 is 0 Å². The Morgan fingerprint density at radius 3 is 2.94 bits per heavy atom. The van der Waals surface area contributed by atoms with Crippen molar-refractivity contribution >= 4 is 16.8 Å². The average Bonchev–Trinajstić information content (AvgIpc) is 3.57. The van der Waals surface area contributed by atoms with E-state index in [2.05, 4.69) is 30.4 Å². The number of hydrogen-bond acceptors (Lipinski definition) is 5. The van der Waals surface area contributed by atoms with Crippen LogP contribution in [0.4, 0.5) is 4.39 Å². The molecule has 1 saturated heterocycles. The number of hydrogen-bond donors (Lipinski definition) is 4. The van der Waals surface area contributed by atoms with Gasteiger partial charge in [-0.1, -0.05) is 13.0 Å². The number of aryl methyl sites for hydroxylation is 1. The van der Waals surface area contributed by atoms with Crippen LogP contribution in [0.1, 0.15) is 24.6 Å². The highest BCUT2D eigenvalue weighted by Crippen LogP contribution is 2.33. The van der Waals surface area contributed by atoms with Crippen LogP contribution < -0.4 is 5.32 Å². The van der Waals surface area contributed by atoms with E-state index < -0.39 is 5.82 Å². The van der Waals surface area contributed by atoms with Crippen LogP contribution in [0.25, 0.3) is 33.5 Å². The number of phenolic OH excluding ortho intramolecular Hbond substituents is 1. The molecule has 8 nitrogen and oxygen atoms in total. The quantitative estimate of drug-likeness (QED) is 0.350. The lowest BCUT2D eigenvalue weighted by atomic mass is 9.96. The molecular formula is C25H27FN6O2. The molecule has 34 heavy (non-hydrogen) atoms. The smallest absolute Gasteiger partial charge is 0.224 e. The van der Waals surface area contributed by atoms with Crippen LogP contribution in [0, 0.1) is 11.7 Å². The highest BCUT2D eigenvalue weighted by atomic mass is 19.1. The van der Waals surface area contributed by atoms with Crippen molar-refractivity contribution in [3.63, 3.8) is 0 Å². The molecule has 0 bridgehead atoms. The second kappa shape index (κ2) is 8.90. The molecule has 0 aliphatic carbocycles. The summed E-state index contributed by atoms with van der Waals surface area (Å²) in [5.41, 5.74) is 4.69. The predicted octanol–water partition coefficient (Wildman–Crippen LogP) is 3.60. The zero-order valence-electron chi connectivity index (χ0n) is 19.2. The number of halogens is 1. The number of aromatic amines is 2. The standard InChI is InChI=1S/C25H27FN6O2/c1-3-14-9-22(33)20(26)10-19(14)15-4-5-18-21(8-15)30-31-23(18)24-27-11-17(29-24)12-28-25(34)16-6-7-32(2)13-16/h4-5,8-11,16,33H,3,6-7,12-13H2,1-2H3,(H,27,29)(H,28,34)(H,30,31). The van der Waals surface area contributed by atoms with Gasteiger partial charge in [-0.2, -0.15) is 5.10 Å². The second-order valence-corrected chi connectivity index (χ2v) is 8.87. The number of amides is 1. The fourth-order valence-electron chi connectivity index (χ4n) is 4.58. The lowest BCUT2D eigenvalue weighted by Crippen LogP contribution is -2.31. The Morgan fingerprint density at radius 2 is 2.18 bits per heavy atom. The Kier molecular flexibility index (Phi) is 5.79. The summed E-state index contributed by atoms with van der Waals surface area (Å²) in [6.45, 7) is 4.08. The number of fused-ring (bicyclic) bond motifs is 1. The Bertz CT molecular complexity index is 1360. The van der Waals surface area contributed by atoms with Gasteiger partial charge in [0, 0.05) is 11.9 Å². The lowest BCUT2D eigenvalue weighted by Gasteiger charge is -2.10. The normalized spacial score (nSPS) is 16.4. The van der Waals surface area contributed by atoms with Crippen molar-refractivity contribution in [1.82, 2.24) is 30.4 Å². The number of carbonyl (C=O) groups is 1. The third kappa shape index (κ3) is 4.14. The number of aromatic hydroxyl groups is 1. The number of benzene rings is 2. The average molecular weight is 463 g/mol. The first-order valence-corrected chi connectivity index (χ1v) is 11.4. The fourth-order valence-corrected chi connectivity index (χ4v) is 4.58. The van der Waals surface area contributed by atoms with E-state index in [9.17, 15) is 14.3 Å². The minimum atomic E-state index is -0.646. The van der Waals surface area contributed by atoms with Crippen molar-refractivity contribution in [2.24, 2.45) is 5.92 Å².